The van der Waals surface area contributed by atoms with Gasteiger partial charge in [-0.05, 0) is 54.1 Å². The van der Waals surface area contributed by atoms with E-state index in [0.717, 1.165) is 16.2 Å². The van der Waals surface area contributed by atoms with Gasteiger partial charge in [0, 0.05) is 22.5 Å². The number of anilines is 2. The Morgan fingerprint density at radius 2 is 1.75 bits per heavy atom. The van der Waals surface area contributed by atoms with Crippen LogP contribution in [0.2, 0.25) is 0 Å². The zero-order valence-corrected chi connectivity index (χ0v) is 20.4. The molecule has 0 unspecified atom stereocenters. The topological polar surface area (TPSA) is 115 Å². The summed E-state index contributed by atoms with van der Waals surface area (Å²) >= 11 is 1.32. The summed E-state index contributed by atoms with van der Waals surface area (Å²) < 4.78 is 35.9. The highest BCUT2D eigenvalue weighted by Crippen LogP contribution is 2.31. The fraction of sp³-hybridized carbons (Fsp3) is 0.0385. The molecule has 0 aliphatic heterocycles. The van der Waals surface area contributed by atoms with Gasteiger partial charge in [0.15, 0.2) is 5.13 Å². The van der Waals surface area contributed by atoms with Gasteiger partial charge in [-0.2, -0.15) is 0 Å². The third-order valence-electron chi connectivity index (χ3n) is 5.72. The Morgan fingerprint density at radius 3 is 2.53 bits per heavy atom. The molecule has 1 N–H and O–H groups in total. The molecule has 0 saturated heterocycles. The quantitative estimate of drug-likeness (QED) is 0.221. The van der Waals surface area contributed by atoms with Gasteiger partial charge in [0.2, 0.25) is 14.9 Å². The van der Waals surface area contributed by atoms with Crippen LogP contribution in [0.15, 0.2) is 102 Å². The summed E-state index contributed by atoms with van der Waals surface area (Å²) in [6, 6.07) is 21.1. The van der Waals surface area contributed by atoms with Crippen molar-refractivity contribution in [3.8, 4) is 11.3 Å². The maximum absolute atomic E-state index is 12.7. The lowest BCUT2D eigenvalue weighted by Gasteiger charge is -2.05. The van der Waals surface area contributed by atoms with Crippen molar-refractivity contribution < 1.29 is 17.4 Å². The lowest BCUT2D eigenvalue weighted by Crippen LogP contribution is -2.03. The van der Waals surface area contributed by atoms with E-state index >= 15 is 0 Å². The Kier molecular flexibility index (Phi) is 5.20. The molecule has 3 aromatic heterocycles. The van der Waals surface area contributed by atoms with E-state index in [1.807, 2.05) is 36.4 Å². The van der Waals surface area contributed by atoms with Crippen LogP contribution in [0.3, 0.4) is 0 Å². The number of aromatic nitrogens is 2. The highest BCUT2D eigenvalue weighted by molar-refractivity contribution is 7.91. The van der Waals surface area contributed by atoms with E-state index in [1.54, 1.807) is 30.5 Å². The largest absolute Gasteiger partial charge is 0.422 e. The third kappa shape index (κ3) is 3.86. The number of benzene rings is 3. The van der Waals surface area contributed by atoms with Gasteiger partial charge in [-0.15, -0.1) is 11.3 Å². The molecular weight excluding hydrogens is 498 g/mol. The molecule has 0 aliphatic carbocycles. The van der Waals surface area contributed by atoms with Crippen LogP contribution in [0, 0.1) is 6.92 Å². The van der Waals surface area contributed by atoms with Crippen molar-refractivity contribution in [3.63, 3.8) is 0 Å². The number of hydrogen-bond acceptors (Lipinski definition) is 9. The molecule has 0 bridgehead atoms. The molecule has 0 spiro atoms. The van der Waals surface area contributed by atoms with Gasteiger partial charge in [-0.3, -0.25) is 0 Å². The zero-order valence-electron chi connectivity index (χ0n) is 18.8. The fourth-order valence-corrected chi connectivity index (χ4v) is 5.86. The molecule has 0 radical (unpaired) electrons. The minimum atomic E-state index is -3.77. The first kappa shape index (κ1) is 22.2. The van der Waals surface area contributed by atoms with Crippen LogP contribution < -0.4 is 10.9 Å². The Labute approximate surface area is 208 Å². The number of fused-ring (bicyclic) bond motifs is 3. The first-order valence-corrected chi connectivity index (χ1v) is 13.2. The van der Waals surface area contributed by atoms with Crippen LogP contribution in [0.25, 0.3) is 33.0 Å². The molecule has 0 fully saturated rings. The van der Waals surface area contributed by atoms with Crippen molar-refractivity contribution in [2.75, 3.05) is 5.32 Å². The van der Waals surface area contributed by atoms with Crippen LogP contribution >= 0.6 is 11.3 Å². The van der Waals surface area contributed by atoms with Gasteiger partial charge in [0.1, 0.15) is 11.3 Å². The summed E-state index contributed by atoms with van der Waals surface area (Å²) in [6.45, 7) is 1.63. The number of aryl methyl sites for hydroxylation is 1. The predicted octanol–water partition coefficient (Wildman–Crippen LogP) is 5.94. The first-order valence-electron chi connectivity index (χ1n) is 10.9. The van der Waals surface area contributed by atoms with Gasteiger partial charge in [-0.1, -0.05) is 35.5 Å². The van der Waals surface area contributed by atoms with Gasteiger partial charge in [-0.25, -0.2) is 18.2 Å². The minimum Gasteiger partial charge on any atom is -0.422 e. The third-order valence-corrected chi connectivity index (χ3v) is 8.11. The smallest absolute Gasteiger partial charge is 0.345 e. The molecular formula is C26H17N3O5S2. The van der Waals surface area contributed by atoms with Gasteiger partial charge < -0.3 is 14.3 Å². The number of hydrogen-bond donors (Lipinski definition) is 1. The molecule has 8 nitrogen and oxygen atoms in total. The summed E-state index contributed by atoms with van der Waals surface area (Å²) in [4.78, 5) is 17.3. The molecule has 6 aromatic rings. The molecule has 3 aromatic carbocycles. The number of rotatable bonds is 5. The Hall–Kier alpha value is -4.28. The summed E-state index contributed by atoms with van der Waals surface area (Å²) in [5.74, 6) is 0.417. The average molecular weight is 516 g/mol. The van der Waals surface area contributed by atoms with Crippen LogP contribution in [-0.4, -0.2) is 18.6 Å². The Bertz CT molecular complexity index is 1920. The van der Waals surface area contributed by atoms with Crippen LogP contribution in [0.5, 0.6) is 0 Å². The lowest BCUT2D eigenvalue weighted by atomic mass is 10.0. The molecule has 0 aliphatic rings. The number of sulfone groups is 1. The Balaban J connectivity index is 1.29. The van der Waals surface area contributed by atoms with Crippen LogP contribution in [0.4, 0.5) is 10.8 Å². The minimum absolute atomic E-state index is 0.0992. The van der Waals surface area contributed by atoms with Crippen molar-refractivity contribution >= 4 is 53.7 Å². The van der Waals surface area contributed by atoms with Crippen molar-refractivity contribution in [1.29, 1.82) is 0 Å². The predicted molar refractivity (Wildman–Crippen MR) is 138 cm³/mol. The molecule has 0 amide bonds. The molecule has 178 valence electrons. The summed E-state index contributed by atoms with van der Waals surface area (Å²) in [5, 5.41) is 11.8. The van der Waals surface area contributed by atoms with E-state index in [0.29, 0.717) is 33.4 Å². The molecule has 3 heterocycles. The summed E-state index contributed by atoms with van der Waals surface area (Å²) in [7, 11) is -3.77. The molecule has 10 heteroatoms. The molecule has 36 heavy (non-hydrogen) atoms. The van der Waals surface area contributed by atoms with Gasteiger partial charge in [0.05, 0.1) is 16.2 Å². The van der Waals surface area contributed by atoms with E-state index < -0.39 is 15.5 Å². The van der Waals surface area contributed by atoms with Crippen molar-refractivity contribution in [3.05, 3.63) is 94.4 Å². The molecule has 6 rings (SSSR count). The number of thiazole rings is 1. The fourth-order valence-electron chi connectivity index (χ4n) is 3.94. The second-order valence-electron chi connectivity index (χ2n) is 8.11. The maximum atomic E-state index is 12.7. The number of nitrogens with zero attached hydrogens (tertiary/aromatic N) is 2. The van der Waals surface area contributed by atoms with E-state index in [4.69, 9.17) is 8.94 Å². The SMILES string of the molecule is Cc1cc(S(=O)(=O)c2ccc(Nc3nc(-c4cc5c(ccc6ccccc65)oc4=O)cs3)cc2)no1. The second kappa shape index (κ2) is 8.43. The first-order chi connectivity index (χ1) is 17.4. The molecule has 0 saturated carbocycles. The highest BCUT2D eigenvalue weighted by atomic mass is 32.2. The van der Waals surface area contributed by atoms with Crippen molar-refractivity contribution in [2.24, 2.45) is 0 Å². The van der Waals surface area contributed by atoms with Crippen LogP contribution in [-0.2, 0) is 9.84 Å². The maximum Gasteiger partial charge on any atom is 0.345 e. The lowest BCUT2D eigenvalue weighted by molar-refractivity contribution is 0.381. The average Bonchev–Trinajstić information content (AvgIpc) is 3.53. The zero-order chi connectivity index (χ0) is 24.9. The van der Waals surface area contributed by atoms with Crippen molar-refractivity contribution in [1.82, 2.24) is 10.1 Å². The van der Waals surface area contributed by atoms with Gasteiger partial charge >= 0.3 is 5.63 Å². The van der Waals surface area contributed by atoms with Crippen molar-refractivity contribution in [2.45, 2.75) is 16.8 Å². The second-order valence-corrected chi connectivity index (χ2v) is 10.9. The summed E-state index contributed by atoms with van der Waals surface area (Å²) in [5.41, 5.74) is 1.56. The van der Waals surface area contributed by atoms with Gasteiger partial charge in [0.25, 0.3) is 0 Å². The normalized spacial score (nSPS) is 11.8. The Morgan fingerprint density at radius 1 is 0.944 bits per heavy atom. The monoisotopic (exact) mass is 515 g/mol. The molecule has 0 atom stereocenters. The van der Waals surface area contributed by atoms with Crippen LogP contribution in [0.1, 0.15) is 5.76 Å². The number of nitrogens with one attached hydrogen (secondary N) is 1. The van der Waals surface area contributed by atoms with E-state index in [-0.39, 0.29) is 9.92 Å². The van der Waals surface area contributed by atoms with E-state index in [2.05, 4.69) is 15.5 Å². The van der Waals surface area contributed by atoms with E-state index in [1.165, 1.54) is 29.5 Å². The summed E-state index contributed by atoms with van der Waals surface area (Å²) in [6.07, 6.45) is 0. The highest BCUT2D eigenvalue weighted by Gasteiger charge is 2.22. The van der Waals surface area contributed by atoms with E-state index in [9.17, 15) is 13.2 Å². The standard InChI is InChI=1S/C26H17N3O5S2/c1-15-12-24(29-34-15)36(31,32)18-9-7-17(8-10-18)27-26-28-22(14-35-26)21-13-20-19-5-3-2-4-16(19)6-11-23(20)33-25(21)30/h2-14H,1H3,(H,27,28).